The fourth-order valence-corrected chi connectivity index (χ4v) is 2.65. The highest BCUT2D eigenvalue weighted by atomic mass is 19.1. The van der Waals surface area contributed by atoms with Gasteiger partial charge < -0.3 is 10.0 Å². The lowest BCUT2D eigenvalue weighted by Crippen LogP contribution is -2.47. The molecule has 0 amide bonds. The Kier molecular flexibility index (Phi) is 3.56. The predicted molar refractivity (Wildman–Crippen MR) is 72.5 cm³/mol. The van der Waals surface area contributed by atoms with E-state index in [0.717, 1.165) is 50.9 Å². The zero-order valence-electron chi connectivity index (χ0n) is 11.3. The monoisotopic (exact) mass is 279 g/mol. The molecule has 0 spiro atoms. The average Bonchev–Trinajstić information content (AvgIpc) is 3.24. The Balaban J connectivity index is 1.69. The maximum absolute atomic E-state index is 13.1. The van der Waals surface area contributed by atoms with E-state index >= 15 is 0 Å². The van der Waals surface area contributed by atoms with Gasteiger partial charge in [0.25, 0.3) is 0 Å². The molecule has 0 bridgehead atoms. The fraction of sp³-hybridized carbons (Fsp3) is 0.571. The summed E-state index contributed by atoms with van der Waals surface area (Å²) < 4.78 is 13.1. The molecule has 1 saturated carbocycles. The number of pyridine rings is 1. The van der Waals surface area contributed by atoms with Crippen LogP contribution in [0.3, 0.4) is 0 Å². The Hall–Kier alpha value is -1.69. The zero-order chi connectivity index (χ0) is 14.1. The number of hydrogen-bond acceptors (Lipinski definition) is 4. The lowest BCUT2D eigenvalue weighted by atomic mass is 10.2. The second-order valence-corrected chi connectivity index (χ2v) is 5.56. The van der Waals surface area contributed by atoms with E-state index < -0.39 is 11.8 Å². The molecule has 1 saturated heterocycles. The third-order valence-electron chi connectivity index (χ3n) is 3.95. The fourth-order valence-electron chi connectivity index (χ4n) is 2.65. The van der Waals surface area contributed by atoms with E-state index in [4.69, 9.17) is 5.11 Å². The van der Waals surface area contributed by atoms with Crippen molar-refractivity contribution < 1.29 is 14.3 Å². The second-order valence-electron chi connectivity index (χ2n) is 5.56. The highest BCUT2D eigenvalue weighted by molar-refractivity contribution is 5.93. The van der Waals surface area contributed by atoms with Crippen LogP contribution in [0.5, 0.6) is 0 Å². The van der Waals surface area contributed by atoms with Crippen molar-refractivity contribution in [1.29, 1.82) is 0 Å². The first-order valence-electron chi connectivity index (χ1n) is 6.99. The number of hydrogen-bond donors (Lipinski definition) is 1. The van der Waals surface area contributed by atoms with Crippen LogP contribution < -0.4 is 4.90 Å². The van der Waals surface area contributed by atoms with Gasteiger partial charge in [-0.1, -0.05) is 0 Å². The first-order valence-corrected chi connectivity index (χ1v) is 6.99. The van der Waals surface area contributed by atoms with Crippen LogP contribution in [-0.2, 0) is 0 Å². The first-order chi connectivity index (χ1) is 9.63. The largest absolute Gasteiger partial charge is 0.478 e. The smallest absolute Gasteiger partial charge is 0.339 e. The summed E-state index contributed by atoms with van der Waals surface area (Å²) in [5.41, 5.74) is -0.0550. The summed E-state index contributed by atoms with van der Waals surface area (Å²) in [5, 5.41) is 9.16. The maximum Gasteiger partial charge on any atom is 0.339 e. The number of piperazine rings is 1. The highest BCUT2D eigenvalue weighted by Crippen LogP contribution is 2.30. The lowest BCUT2D eigenvalue weighted by molar-refractivity contribution is 0.0696. The van der Waals surface area contributed by atoms with Gasteiger partial charge in [0.2, 0.25) is 0 Å². The predicted octanol–water partition coefficient (Wildman–Crippen LogP) is 1.45. The topological polar surface area (TPSA) is 56.7 Å². The van der Waals surface area contributed by atoms with Crippen molar-refractivity contribution >= 4 is 11.8 Å². The SMILES string of the molecule is O=C(O)c1cc(F)cnc1N1CCN(CC2CC2)CC1. The minimum atomic E-state index is -1.13. The summed E-state index contributed by atoms with van der Waals surface area (Å²) in [4.78, 5) is 19.5. The van der Waals surface area contributed by atoms with Crippen molar-refractivity contribution in [3.8, 4) is 0 Å². The number of carboxylic acid groups (broad SMARTS) is 1. The van der Waals surface area contributed by atoms with Gasteiger partial charge in [0.15, 0.2) is 0 Å². The van der Waals surface area contributed by atoms with Crippen LogP contribution in [0.2, 0.25) is 0 Å². The van der Waals surface area contributed by atoms with Crippen LogP contribution in [0, 0.1) is 11.7 Å². The van der Waals surface area contributed by atoms with Crippen LogP contribution in [0.15, 0.2) is 12.3 Å². The van der Waals surface area contributed by atoms with Crippen LogP contribution in [0.25, 0.3) is 0 Å². The highest BCUT2D eigenvalue weighted by Gasteiger charge is 2.28. The Morgan fingerprint density at radius 1 is 1.35 bits per heavy atom. The molecule has 108 valence electrons. The zero-order valence-corrected chi connectivity index (χ0v) is 11.3. The van der Waals surface area contributed by atoms with Gasteiger partial charge >= 0.3 is 5.97 Å². The minimum Gasteiger partial charge on any atom is -0.478 e. The number of aromatic carboxylic acids is 1. The molecule has 1 aliphatic heterocycles. The Morgan fingerprint density at radius 2 is 2.05 bits per heavy atom. The number of anilines is 1. The van der Waals surface area contributed by atoms with Crippen molar-refractivity contribution in [1.82, 2.24) is 9.88 Å². The second kappa shape index (κ2) is 5.36. The Bertz CT molecular complexity index is 511. The van der Waals surface area contributed by atoms with Crippen molar-refractivity contribution in [3.63, 3.8) is 0 Å². The van der Waals surface area contributed by atoms with Crippen molar-refractivity contribution in [3.05, 3.63) is 23.6 Å². The molecule has 0 unspecified atom stereocenters. The van der Waals surface area contributed by atoms with E-state index in [1.165, 1.54) is 12.8 Å². The quantitative estimate of drug-likeness (QED) is 0.904. The normalized spacial score (nSPS) is 20.1. The van der Waals surface area contributed by atoms with Gasteiger partial charge in [0, 0.05) is 32.7 Å². The molecule has 6 heteroatoms. The molecule has 20 heavy (non-hydrogen) atoms. The van der Waals surface area contributed by atoms with E-state index in [1.54, 1.807) is 0 Å². The summed E-state index contributed by atoms with van der Waals surface area (Å²) in [5.74, 6) is -0.504. The van der Waals surface area contributed by atoms with E-state index in [2.05, 4.69) is 9.88 Å². The standard InChI is InChI=1S/C14H18FN3O2/c15-11-7-12(14(19)20)13(16-8-11)18-5-3-17(4-6-18)9-10-1-2-10/h7-8,10H,1-6,9H2,(H,19,20). The van der Waals surface area contributed by atoms with Crippen LogP contribution in [-0.4, -0.2) is 53.7 Å². The van der Waals surface area contributed by atoms with Gasteiger partial charge in [-0.15, -0.1) is 0 Å². The number of carbonyl (C=O) groups is 1. The van der Waals surface area contributed by atoms with E-state index in [1.807, 2.05) is 4.90 Å². The third-order valence-corrected chi connectivity index (χ3v) is 3.95. The molecule has 3 rings (SSSR count). The molecule has 0 radical (unpaired) electrons. The maximum atomic E-state index is 13.1. The third kappa shape index (κ3) is 2.90. The van der Waals surface area contributed by atoms with Crippen molar-refractivity contribution in [2.75, 3.05) is 37.6 Å². The molecular weight excluding hydrogens is 261 g/mol. The van der Waals surface area contributed by atoms with E-state index in [-0.39, 0.29) is 5.56 Å². The Labute approximate surface area is 117 Å². The molecule has 0 aromatic carbocycles. The molecule has 2 aliphatic rings. The lowest BCUT2D eigenvalue weighted by Gasteiger charge is -2.35. The molecular formula is C14H18FN3O2. The van der Waals surface area contributed by atoms with Gasteiger partial charge in [-0.2, -0.15) is 0 Å². The summed E-state index contributed by atoms with van der Waals surface area (Å²) in [7, 11) is 0. The molecule has 1 aromatic heterocycles. The summed E-state index contributed by atoms with van der Waals surface area (Å²) >= 11 is 0. The van der Waals surface area contributed by atoms with Gasteiger partial charge in [-0.3, -0.25) is 4.90 Å². The van der Waals surface area contributed by atoms with Gasteiger partial charge in [-0.05, 0) is 24.8 Å². The van der Waals surface area contributed by atoms with Gasteiger partial charge in [0.1, 0.15) is 17.2 Å². The minimum absolute atomic E-state index is 0.0550. The molecule has 1 aromatic rings. The van der Waals surface area contributed by atoms with Crippen LogP contribution in [0.1, 0.15) is 23.2 Å². The molecule has 5 nitrogen and oxygen atoms in total. The van der Waals surface area contributed by atoms with Crippen LogP contribution >= 0.6 is 0 Å². The van der Waals surface area contributed by atoms with E-state index in [9.17, 15) is 9.18 Å². The number of halogens is 1. The molecule has 2 heterocycles. The van der Waals surface area contributed by atoms with Crippen molar-refractivity contribution in [2.24, 2.45) is 5.92 Å². The number of rotatable bonds is 4. The van der Waals surface area contributed by atoms with Gasteiger partial charge in [-0.25, -0.2) is 14.2 Å². The number of nitrogens with zero attached hydrogens (tertiary/aromatic N) is 3. The van der Waals surface area contributed by atoms with E-state index in [0.29, 0.717) is 5.82 Å². The molecule has 2 fully saturated rings. The number of carboxylic acids is 1. The van der Waals surface area contributed by atoms with Crippen molar-refractivity contribution in [2.45, 2.75) is 12.8 Å². The summed E-state index contributed by atoms with van der Waals surface area (Å²) in [6.07, 6.45) is 3.75. The molecule has 1 aliphatic carbocycles. The molecule has 0 atom stereocenters. The first kappa shape index (κ1) is 13.3. The average molecular weight is 279 g/mol. The molecule has 1 N–H and O–H groups in total. The number of aromatic nitrogens is 1. The van der Waals surface area contributed by atoms with Gasteiger partial charge in [0.05, 0.1) is 6.20 Å². The summed E-state index contributed by atoms with van der Waals surface area (Å²) in [6.45, 7) is 4.46. The summed E-state index contributed by atoms with van der Waals surface area (Å²) in [6, 6.07) is 1.04. The Morgan fingerprint density at radius 3 is 2.65 bits per heavy atom. The van der Waals surface area contributed by atoms with Crippen LogP contribution in [0.4, 0.5) is 10.2 Å².